The van der Waals surface area contributed by atoms with Crippen LogP contribution in [-0.4, -0.2) is 20.7 Å². The number of halogens is 1. The second kappa shape index (κ2) is 3.47. The van der Waals surface area contributed by atoms with Gasteiger partial charge in [-0.05, 0) is 24.3 Å². The van der Waals surface area contributed by atoms with Crippen molar-refractivity contribution in [2.45, 2.75) is 6.54 Å². The first kappa shape index (κ1) is 9.86. The molecule has 1 aromatic heterocycles. The molecule has 2 aromatic rings. The van der Waals surface area contributed by atoms with Gasteiger partial charge >= 0.3 is 5.97 Å². The fraction of sp³-hybridized carbons (Fsp3) is 0.100. The predicted molar refractivity (Wildman–Crippen MR) is 56.2 cm³/mol. The molecule has 0 bridgehead atoms. The molecule has 5 heteroatoms. The molecule has 1 aromatic carbocycles. The number of carboxylic acid groups (broad SMARTS) is 1. The van der Waals surface area contributed by atoms with Gasteiger partial charge in [-0.15, -0.1) is 0 Å². The summed E-state index contributed by atoms with van der Waals surface area (Å²) in [5, 5.41) is 19.0. The number of benzene rings is 1. The van der Waals surface area contributed by atoms with Crippen molar-refractivity contribution in [3.63, 3.8) is 0 Å². The molecule has 0 amide bonds. The maximum Gasteiger partial charge on any atom is 0.323 e. The molecule has 0 atom stereocenters. The molecule has 0 unspecified atom stereocenters. The van der Waals surface area contributed by atoms with E-state index in [2.05, 4.69) is 0 Å². The van der Waals surface area contributed by atoms with E-state index < -0.39 is 5.97 Å². The average Bonchev–Trinajstić information content (AvgIpc) is 2.41. The number of aromatic nitrogens is 1. The first-order valence-electron chi connectivity index (χ1n) is 4.27. The fourth-order valence-corrected chi connectivity index (χ4v) is 1.79. The van der Waals surface area contributed by atoms with E-state index in [1.165, 1.54) is 10.6 Å². The lowest BCUT2D eigenvalue weighted by molar-refractivity contribution is -0.137. The standard InChI is InChI=1S/C10H8ClNO3/c11-9-4-6-3-7(13)1-2-8(6)12(9)5-10(14)15/h1-4,13H,5H2,(H,14,15). The highest BCUT2D eigenvalue weighted by Gasteiger charge is 2.09. The number of hydrogen-bond acceptors (Lipinski definition) is 2. The minimum atomic E-state index is -0.956. The van der Waals surface area contributed by atoms with Crippen LogP contribution in [-0.2, 0) is 11.3 Å². The number of nitrogens with zero attached hydrogens (tertiary/aromatic N) is 1. The molecule has 0 radical (unpaired) electrons. The van der Waals surface area contributed by atoms with Gasteiger partial charge in [-0.3, -0.25) is 4.79 Å². The molecule has 0 aliphatic heterocycles. The number of rotatable bonds is 2. The van der Waals surface area contributed by atoms with E-state index in [4.69, 9.17) is 16.7 Å². The Bertz CT molecular complexity index is 533. The van der Waals surface area contributed by atoms with Crippen molar-refractivity contribution in [1.29, 1.82) is 0 Å². The maximum atomic E-state index is 10.6. The fourth-order valence-electron chi connectivity index (χ4n) is 1.52. The van der Waals surface area contributed by atoms with Crippen LogP contribution in [0.2, 0.25) is 5.15 Å². The van der Waals surface area contributed by atoms with Crippen molar-refractivity contribution in [3.05, 3.63) is 29.4 Å². The van der Waals surface area contributed by atoms with Gasteiger partial charge in [0.05, 0.1) is 5.52 Å². The Labute approximate surface area is 90.3 Å². The zero-order chi connectivity index (χ0) is 11.0. The molecule has 2 rings (SSSR count). The number of hydrogen-bond donors (Lipinski definition) is 2. The molecule has 0 aliphatic rings. The molecule has 0 fully saturated rings. The third-order valence-corrected chi connectivity index (χ3v) is 2.44. The summed E-state index contributed by atoms with van der Waals surface area (Å²) in [6.07, 6.45) is 0. The van der Waals surface area contributed by atoms with Crippen LogP contribution in [0.1, 0.15) is 0 Å². The van der Waals surface area contributed by atoms with Crippen LogP contribution < -0.4 is 0 Å². The second-order valence-electron chi connectivity index (χ2n) is 3.19. The van der Waals surface area contributed by atoms with Crippen LogP contribution in [0.25, 0.3) is 10.9 Å². The third-order valence-electron chi connectivity index (χ3n) is 2.13. The van der Waals surface area contributed by atoms with E-state index in [-0.39, 0.29) is 12.3 Å². The predicted octanol–water partition coefficient (Wildman–Crippen LogP) is 2.08. The number of carboxylic acids is 1. The molecular weight excluding hydrogens is 218 g/mol. The zero-order valence-electron chi connectivity index (χ0n) is 7.64. The third kappa shape index (κ3) is 1.76. The largest absolute Gasteiger partial charge is 0.508 e. The minimum Gasteiger partial charge on any atom is -0.508 e. The van der Waals surface area contributed by atoms with E-state index in [1.807, 2.05) is 0 Å². The van der Waals surface area contributed by atoms with Gasteiger partial charge in [0.25, 0.3) is 0 Å². The van der Waals surface area contributed by atoms with Gasteiger partial charge in [0.15, 0.2) is 0 Å². The number of fused-ring (bicyclic) bond motifs is 1. The van der Waals surface area contributed by atoms with Gasteiger partial charge in [0, 0.05) is 5.39 Å². The zero-order valence-corrected chi connectivity index (χ0v) is 8.40. The van der Waals surface area contributed by atoms with Gasteiger partial charge in [0.1, 0.15) is 17.4 Å². The number of phenols is 1. The Balaban J connectivity index is 2.63. The van der Waals surface area contributed by atoms with Gasteiger partial charge in [0.2, 0.25) is 0 Å². The summed E-state index contributed by atoms with van der Waals surface area (Å²) in [6, 6.07) is 6.30. The molecule has 0 saturated carbocycles. The van der Waals surface area contributed by atoms with Crippen LogP contribution in [0.4, 0.5) is 0 Å². The summed E-state index contributed by atoms with van der Waals surface area (Å²) >= 11 is 5.88. The van der Waals surface area contributed by atoms with E-state index in [0.717, 1.165) is 5.39 Å². The van der Waals surface area contributed by atoms with Crippen molar-refractivity contribution < 1.29 is 15.0 Å². The van der Waals surface area contributed by atoms with E-state index in [9.17, 15) is 9.90 Å². The highest BCUT2D eigenvalue weighted by Crippen LogP contribution is 2.26. The van der Waals surface area contributed by atoms with Gasteiger partial charge in [-0.1, -0.05) is 11.6 Å². The summed E-state index contributed by atoms with van der Waals surface area (Å²) in [4.78, 5) is 10.6. The highest BCUT2D eigenvalue weighted by molar-refractivity contribution is 6.31. The molecule has 15 heavy (non-hydrogen) atoms. The van der Waals surface area contributed by atoms with Gasteiger partial charge < -0.3 is 14.8 Å². The number of phenolic OH excluding ortho intramolecular Hbond substituents is 1. The van der Waals surface area contributed by atoms with Gasteiger partial charge in [-0.25, -0.2) is 0 Å². The lowest BCUT2D eigenvalue weighted by Crippen LogP contribution is -2.08. The molecule has 2 N–H and O–H groups in total. The molecule has 0 spiro atoms. The van der Waals surface area contributed by atoms with Crippen molar-refractivity contribution in [2.75, 3.05) is 0 Å². The molecule has 0 aliphatic carbocycles. The summed E-state index contributed by atoms with van der Waals surface area (Å²) in [6.45, 7) is -0.187. The van der Waals surface area contributed by atoms with Crippen LogP contribution in [0.5, 0.6) is 5.75 Å². The highest BCUT2D eigenvalue weighted by atomic mass is 35.5. The van der Waals surface area contributed by atoms with Crippen LogP contribution in [0.3, 0.4) is 0 Å². The summed E-state index contributed by atoms with van der Waals surface area (Å²) < 4.78 is 1.47. The SMILES string of the molecule is O=C(O)Cn1c(Cl)cc2cc(O)ccc21. The van der Waals surface area contributed by atoms with Crippen LogP contribution in [0.15, 0.2) is 24.3 Å². The molecule has 4 nitrogen and oxygen atoms in total. The minimum absolute atomic E-state index is 0.131. The average molecular weight is 226 g/mol. The van der Waals surface area contributed by atoms with Crippen molar-refractivity contribution in [2.24, 2.45) is 0 Å². The quantitative estimate of drug-likeness (QED) is 0.823. The molecule has 78 valence electrons. The van der Waals surface area contributed by atoms with Crippen molar-refractivity contribution in [1.82, 2.24) is 4.57 Å². The number of carbonyl (C=O) groups is 1. The van der Waals surface area contributed by atoms with E-state index >= 15 is 0 Å². The summed E-state index contributed by atoms with van der Waals surface area (Å²) in [7, 11) is 0. The van der Waals surface area contributed by atoms with Gasteiger partial charge in [-0.2, -0.15) is 0 Å². The topological polar surface area (TPSA) is 62.5 Å². The van der Waals surface area contributed by atoms with Crippen LogP contribution >= 0.6 is 11.6 Å². The maximum absolute atomic E-state index is 10.6. The number of aromatic hydroxyl groups is 1. The first-order valence-corrected chi connectivity index (χ1v) is 4.65. The molecule has 0 saturated heterocycles. The van der Waals surface area contributed by atoms with Crippen molar-refractivity contribution in [3.8, 4) is 5.75 Å². The Hall–Kier alpha value is -1.68. The molecular formula is C10H8ClNO3. The first-order chi connectivity index (χ1) is 7.08. The van der Waals surface area contributed by atoms with E-state index in [0.29, 0.717) is 10.7 Å². The lowest BCUT2D eigenvalue weighted by Gasteiger charge is -2.02. The Morgan fingerprint density at radius 3 is 2.80 bits per heavy atom. The van der Waals surface area contributed by atoms with Crippen LogP contribution in [0, 0.1) is 0 Å². The normalized spacial score (nSPS) is 10.7. The smallest absolute Gasteiger partial charge is 0.323 e. The van der Waals surface area contributed by atoms with E-state index in [1.54, 1.807) is 18.2 Å². The monoisotopic (exact) mass is 225 g/mol. The number of aliphatic carboxylic acids is 1. The summed E-state index contributed by atoms with van der Waals surface area (Å²) in [5.74, 6) is -0.825. The lowest BCUT2D eigenvalue weighted by atomic mass is 10.2. The van der Waals surface area contributed by atoms with Crippen molar-refractivity contribution >= 4 is 28.5 Å². The Kier molecular flexibility index (Phi) is 2.28. The summed E-state index contributed by atoms with van der Waals surface area (Å²) in [5.41, 5.74) is 0.695. The molecule has 1 heterocycles. The Morgan fingerprint density at radius 1 is 1.40 bits per heavy atom. The second-order valence-corrected chi connectivity index (χ2v) is 3.58. The Morgan fingerprint density at radius 2 is 2.13 bits per heavy atom.